The summed E-state index contributed by atoms with van der Waals surface area (Å²) in [6.45, 7) is 2.28. The molecule has 0 fully saturated rings. The molecule has 5 heteroatoms. The number of aliphatic hydroxyl groups excluding tert-OH is 1. The van der Waals surface area contributed by atoms with Gasteiger partial charge in [-0.15, -0.1) is 0 Å². The molecule has 5 nitrogen and oxygen atoms in total. The molecule has 0 aromatic heterocycles. The van der Waals surface area contributed by atoms with Gasteiger partial charge in [0.15, 0.2) is 0 Å². The standard InChI is InChI=1S/C16H18N2O3/c1-12(19)16(11-17-14-5-3-2-4-6-14)13-7-9-15(10-8-13)18(20)21/h2-10,12,16-17,19H,11H2,1H3. The normalized spacial score (nSPS) is 13.4. The number of nitro groups is 1. The number of non-ortho nitro benzene ring substituents is 1. The lowest BCUT2D eigenvalue weighted by molar-refractivity contribution is -0.384. The van der Waals surface area contributed by atoms with E-state index in [-0.39, 0.29) is 11.6 Å². The average Bonchev–Trinajstić information content (AvgIpc) is 2.48. The maximum atomic E-state index is 10.7. The SMILES string of the molecule is CC(O)C(CNc1ccccc1)c1ccc([N+](=O)[O-])cc1. The minimum absolute atomic E-state index is 0.0547. The predicted molar refractivity (Wildman–Crippen MR) is 82.4 cm³/mol. The second-order valence-corrected chi connectivity index (χ2v) is 4.94. The first kappa shape index (κ1) is 15.0. The van der Waals surface area contributed by atoms with Crippen LogP contribution in [-0.4, -0.2) is 22.7 Å². The van der Waals surface area contributed by atoms with Crippen molar-refractivity contribution in [3.8, 4) is 0 Å². The van der Waals surface area contributed by atoms with Crippen LogP contribution in [0, 0.1) is 10.1 Å². The molecule has 0 bridgehead atoms. The lowest BCUT2D eigenvalue weighted by Crippen LogP contribution is -2.23. The fraction of sp³-hybridized carbons (Fsp3) is 0.250. The van der Waals surface area contributed by atoms with Crippen LogP contribution in [0.1, 0.15) is 18.4 Å². The zero-order valence-corrected chi connectivity index (χ0v) is 11.8. The van der Waals surface area contributed by atoms with Crippen molar-refractivity contribution in [1.29, 1.82) is 0 Å². The summed E-state index contributed by atoms with van der Waals surface area (Å²) in [7, 11) is 0. The van der Waals surface area contributed by atoms with Gasteiger partial charge in [-0.1, -0.05) is 30.3 Å². The third kappa shape index (κ3) is 4.03. The molecule has 2 unspecified atom stereocenters. The molecule has 0 saturated heterocycles. The highest BCUT2D eigenvalue weighted by atomic mass is 16.6. The molecule has 0 aliphatic heterocycles. The van der Waals surface area contributed by atoms with E-state index < -0.39 is 11.0 Å². The van der Waals surface area contributed by atoms with Crippen molar-refractivity contribution in [1.82, 2.24) is 0 Å². The molecule has 2 aromatic carbocycles. The number of hydrogen-bond acceptors (Lipinski definition) is 4. The fourth-order valence-electron chi connectivity index (χ4n) is 2.19. The molecule has 110 valence electrons. The van der Waals surface area contributed by atoms with Crippen LogP contribution < -0.4 is 5.32 Å². The van der Waals surface area contributed by atoms with Crippen LogP contribution in [0.3, 0.4) is 0 Å². The number of nitrogens with zero attached hydrogens (tertiary/aromatic N) is 1. The summed E-state index contributed by atoms with van der Waals surface area (Å²) in [5.41, 5.74) is 1.91. The lowest BCUT2D eigenvalue weighted by Gasteiger charge is -2.21. The van der Waals surface area contributed by atoms with Crippen LogP contribution in [0.2, 0.25) is 0 Å². The quantitative estimate of drug-likeness (QED) is 0.631. The van der Waals surface area contributed by atoms with Gasteiger partial charge in [0.25, 0.3) is 5.69 Å². The largest absolute Gasteiger partial charge is 0.393 e. The van der Waals surface area contributed by atoms with Gasteiger partial charge in [-0.3, -0.25) is 10.1 Å². The molecule has 0 aliphatic carbocycles. The molecule has 0 amide bonds. The number of benzene rings is 2. The van der Waals surface area contributed by atoms with E-state index in [0.717, 1.165) is 11.3 Å². The monoisotopic (exact) mass is 286 g/mol. The van der Waals surface area contributed by atoms with Crippen molar-refractivity contribution in [2.24, 2.45) is 0 Å². The molecule has 2 aromatic rings. The molecule has 2 atom stereocenters. The zero-order chi connectivity index (χ0) is 15.2. The minimum Gasteiger partial charge on any atom is -0.393 e. The van der Waals surface area contributed by atoms with Gasteiger partial charge < -0.3 is 10.4 Å². The van der Waals surface area contributed by atoms with Crippen molar-refractivity contribution in [2.45, 2.75) is 18.9 Å². The van der Waals surface area contributed by atoms with E-state index in [4.69, 9.17) is 0 Å². The molecule has 0 saturated carbocycles. The molecular formula is C16H18N2O3. The summed E-state index contributed by atoms with van der Waals surface area (Å²) in [5, 5.41) is 23.9. The lowest BCUT2D eigenvalue weighted by atomic mass is 9.94. The number of rotatable bonds is 6. The second-order valence-electron chi connectivity index (χ2n) is 4.94. The van der Waals surface area contributed by atoms with Gasteiger partial charge in [0.2, 0.25) is 0 Å². The summed E-state index contributed by atoms with van der Waals surface area (Å²) in [6.07, 6.45) is -0.553. The van der Waals surface area contributed by atoms with Crippen LogP contribution in [0.4, 0.5) is 11.4 Å². The fourth-order valence-corrected chi connectivity index (χ4v) is 2.19. The molecule has 2 N–H and O–H groups in total. The van der Waals surface area contributed by atoms with E-state index in [1.54, 1.807) is 19.1 Å². The van der Waals surface area contributed by atoms with Gasteiger partial charge in [-0.2, -0.15) is 0 Å². The summed E-state index contributed by atoms with van der Waals surface area (Å²) in [4.78, 5) is 10.2. The Morgan fingerprint density at radius 3 is 2.29 bits per heavy atom. The molecule has 0 radical (unpaired) electrons. The number of nitrogens with one attached hydrogen (secondary N) is 1. The Balaban J connectivity index is 2.09. The molecule has 0 heterocycles. The Bertz CT molecular complexity index is 582. The number of para-hydroxylation sites is 1. The van der Waals surface area contributed by atoms with E-state index in [1.807, 2.05) is 30.3 Å². The first-order valence-electron chi connectivity index (χ1n) is 6.79. The van der Waals surface area contributed by atoms with Crippen molar-refractivity contribution in [3.63, 3.8) is 0 Å². The number of anilines is 1. The summed E-state index contributed by atoms with van der Waals surface area (Å²) in [5.74, 6) is -0.133. The van der Waals surface area contributed by atoms with E-state index >= 15 is 0 Å². The van der Waals surface area contributed by atoms with E-state index in [2.05, 4.69) is 5.32 Å². The highest BCUT2D eigenvalue weighted by molar-refractivity contribution is 5.43. The van der Waals surface area contributed by atoms with Crippen LogP contribution >= 0.6 is 0 Å². The van der Waals surface area contributed by atoms with Crippen molar-refractivity contribution in [3.05, 3.63) is 70.3 Å². The third-order valence-electron chi connectivity index (χ3n) is 3.41. The molecule has 21 heavy (non-hydrogen) atoms. The molecule has 2 rings (SSSR count). The Labute approximate surface area is 123 Å². The summed E-state index contributed by atoms with van der Waals surface area (Å²) >= 11 is 0. The topological polar surface area (TPSA) is 75.4 Å². The predicted octanol–water partition coefficient (Wildman–Crippen LogP) is 3.17. The van der Waals surface area contributed by atoms with Gasteiger partial charge in [-0.05, 0) is 24.6 Å². The van der Waals surface area contributed by atoms with E-state index in [0.29, 0.717) is 6.54 Å². The minimum atomic E-state index is -0.553. The van der Waals surface area contributed by atoms with Gasteiger partial charge in [0.1, 0.15) is 0 Å². The van der Waals surface area contributed by atoms with Gasteiger partial charge in [0, 0.05) is 30.3 Å². The van der Waals surface area contributed by atoms with E-state index in [1.165, 1.54) is 12.1 Å². The average molecular weight is 286 g/mol. The molecule has 0 spiro atoms. The smallest absolute Gasteiger partial charge is 0.269 e. The Morgan fingerprint density at radius 2 is 1.76 bits per heavy atom. The maximum Gasteiger partial charge on any atom is 0.269 e. The van der Waals surface area contributed by atoms with Crippen molar-refractivity contribution >= 4 is 11.4 Å². The van der Waals surface area contributed by atoms with Crippen LogP contribution in [-0.2, 0) is 0 Å². The van der Waals surface area contributed by atoms with E-state index in [9.17, 15) is 15.2 Å². The van der Waals surface area contributed by atoms with Crippen LogP contribution in [0.15, 0.2) is 54.6 Å². The Hall–Kier alpha value is -2.40. The van der Waals surface area contributed by atoms with Crippen molar-refractivity contribution in [2.75, 3.05) is 11.9 Å². The third-order valence-corrected chi connectivity index (χ3v) is 3.41. The highest BCUT2D eigenvalue weighted by Crippen LogP contribution is 2.23. The first-order valence-corrected chi connectivity index (χ1v) is 6.79. The van der Waals surface area contributed by atoms with Gasteiger partial charge in [-0.25, -0.2) is 0 Å². The van der Waals surface area contributed by atoms with Crippen LogP contribution in [0.5, 0.6) is 0 Å². The summed E-state index contributed by atoms with van der Waals surface area (Å²) < 4.78 is 0. The highest BCUT2D eigenvalue weighted by Gasteiger charge is 2.18. The zero-order valence-electron chi connectivity index (χ0n) is 11.8. The van der Waals surface area contributed by atoms with Gasteiger partial charge >= 0.3 is 0 Å². The van der Waals surface area contributed by atoms with Crippen molar-refractivity contribution < 1.29 is 10.0 Å². The van der Waals surface area contributed by atoms with Crippen LogP contribution in [0.25, 0.3) is 0 Å². The second kappa shape index (κ2) is 6.85. The van der Waals surface area contributed by atoms with Gasteiger partial charge in [0.05, 0.1) is 11.0 Å². The maximum absolute atomic E-state index is 10.7. The summed E-state index contributed by atoms with van der Waals surface area (Å²) in [6, 6.07) is 16.0. The Morgan fingerprint density at radius 1 is 1.14 bits per heavy atom. The number of nitro benzene ring substituents is 1. The Kier molecular flexibility index (Phi) is 4.90. The number of hydrogen-bond donors (Lipinski definition) is 2. The molecular weight excluding hydrogens is 268 g/mol. The molecule has 0 aliphatic rings. The number of aliphatic hydroxyl groups is 1. The first-order chi connectivity index (χ1) is 10.1.